The molecule has 0 radical (unpaired) electrons. The fourth-order valence-corrected chi connectivity index (χ4v) is 4.28. The van der Waals surface area contributed by atoms with Crippen LogP contribution in [0.4, 0.5) is 19.0 Å². The van der Waals surface area contributed by atoms with Crippen LogP contribution in [-0.4, -0.2) is 30.3 Å². The first-order valence-corrected chi connectivity index (χ1v) is 11.2. The van der Waals surface area contributed by atoms with Crippen molar-refractivity contribution in [1.82, 2.24) is 10.3 Å². The van der Waals surface area contributed by atoms with Crippen molar-refractivity contribution in [3.8, 4) is 5.88 Å². The Morgan fingerprint density at radius 2 is 1.86 bits per heavy atom. The third-order valence-corrected chi connectivity index (χ3v) is 5.91. The van der Waals surface area contributed by atoms with Gasteiger partial charge in [-0.2, -0.15) is 18.2 Å². The van der Waals surface area contributed by atoms with Crippen LogP contribution in [0.2, 0.25) is 0 Å². The molecule has 3 aromatic rings. The third-order valence-electron chi connectivity index (χ3n) is 5.91. The van der Waals surface area contributed by atoms with Gasteiger partial charge in [0.1, 0.15) is 5.82 Å². The number of hydrogen-bond acceptors (Lipinski definition) is 5. The highest BCUT2D eigenvalue weighted by atomic mass is 19.4. The lowest BCUT2D eigenvalue weighted by Crippen LogP contribution is -2.34. The van der Waals surface area contributed by atoms with Gasteiger partial charge in [-0.3, -0.25) is 10.2 Å². The third kappa shape index (κ3) is 5.45. The van der Waals surface area contributed by atoms with E-state index in [1.54, 1.807) is 30.3 Å². The van der Waals surface area contributed by atoms with Crippen LogP contribution < -0.4 is 15.4 Å². The van der Waals surface area contributed by atoms with E-state index in [4.69, 9.17) is 10.1 Å². The Morgan fingerprint density at radius 3 is 2.57 bits per heavy atom. The van der Waals surface area contributed by atoms with Gasteiger partial charge in [0.15, 0.2) is 6.61 Å². The Balaban J connectivity index is 1.55. The highest BCUT2D eigenvalue weighted by molar-refractivity contribution is 6.14. The molecule has 6 nitrogen and oxygen atoms in total. The second kappa shape index (κ2) is 10.2. The molecule has 0 spiro atoms. The number of aryl methyl sites for hydroxylation is 1. The standard InChI is InChI=1S/C26H25F3N4O2/c1-31-25-23(24(30)17-9-3-2-4-10-17)19(26(27,28)29)14-22(33-25)35-15-21(34)32-20-13-7-11-16-8-5-6-12-18(16)20/h2-6,8-10,12,14,20,30H,7,11,13,15H2,1H3,(H,31,33)(H,32,34). The van der Waals surface area contributed by atoms with Crippen molar-refractivity contribution >= 4 is 17.4 Å². The summed E-state index contributed by atoms with van der Waals surface area (Å²) < 4.78 is 47.3. The van der Waals surface area contributed by atoms with Gasteiger partial charge in [-0.1, -0.05) is 54.6 Å². The molecule has 0 saturated carbocycles. The van der Waals surface area contributed by atoms with Gasteiger partial charge < -0.3 is 15.4 Å². The van der Waals surface area contributed by atoms with Crippen molar-refractivity contribution in [2.24, 2.45) is 0 Å². The number of aromatic nitrogens is 1. The van der Waals surface area contributed by atoms with Crippen molar-refractivity contribution in [1.29, 1.82) is 5.41 Å². The molecule has 1 aliphatic carbocycles. The molecule has 0 fully saturated rings. The van der Waals surface area contributed by atoms with Gasteiger partial charge >= 0.3 is 6.18 Å². The topological polar surface area (TPSA) is 87.1 Å². The quantitative estimate of drug-likeness (QED) is 0.408. The molecule has 0 saturated heterocycles. The first-order chi connectivity index (χ1) is 16.8. The molecule has 1 atom stereocenters. The second-order valence-electron chi connectivity index (χ2n) is 8.22. The maximum atomic E-state index is 14.0. The van der Waals surface area contributed by atoms with E-state index in [1.165, 1.54) is 12.6 Å². The normalized spacial score (nSPS) is 15.1. The molecule has 1 aliphatic rings. The minimum atomic E-state index is -4.77. The molecule has 182 valence electrons. The highest BCUT2D eigenvalue weighted by Gasteiger charge is 2.37. The summed E-state index contributed by atoms with van der Waals surface area (Å²) in [5.41, 5.74) is 0.763. The molecule has 3 N–H and O–H groups in total. The lowest BCUT2D eigenvalue weighted by molar-refractivity contribution is -0.137. The number of alkyl halides is 3. The Kier molecular flexibility index (Phi) is 7.04. The largest absolute Gasteiger partial charge is 0.467 e. The summed E-state index contributed by atoms with van der Waals surface area (Å²) in [6.45, 7) is -0.485. The first-order valence-electron chi connectivity index (χ1n) is 11.2. The number of rotatable bonds is 7. The number of fused-ring (bicyclic) bond motifs is 1. The van der Waals surface area contributed by atoms with Crippen LogP contribution in [0.5, 0.6) is 5.88 Å². The van der Waals surface area contributed by atoms with E-state index in [0.29, 0.717) is 5.56 Å². The fourth-order valence-electron chi connectivity index (χ4n) is 4.28. The summed E-state index contributed by atoms with van der Waals surface area (Å²) in [6, 6.07) is 16.5. The minimum Gasteiger partial charge on any atom is -0.467 e. The van der Waals surface area contributed by atoms with E-state index in [2.05, 4.69) is 15.6 Å². The molecule has 1 heterocycles. The van der Waals surface area contributed by atoms with Crippen LogP contribution in [0.15, 0.2) is 60.7 Å². The second-order valence-corrected chi connectivity index (χ2v) is 8.22. The summed E-state index contributed by atoms with van der Waals surface area (Å²) in [7, 11) is 1.42. The predicted octanol–water partition coefficient (Wildman–Crippen LogP) is 5.13. The molecule has 1 unspecified atom stereocenters. The van der Waals surface area contributed by atoms with Crippen LogP contribution in [0, 0.1) is 5.41 Å². The summed E-state index contributed by atoms with van der Waals surface area (Å²) in [6.07, 6.45) is -2.11. The maximum Gasteiger partial charge on any atom is 0.417 e. The molecule has 2 aromatic carbocycles. The number of carbonyl (C=O) groups excluding carboxylic acids is 1. The summed E-state index contributed by atoms with van der Waals surface area (Å²) in [5, 5.41) is 13.9. The number of benzene rings is 2. The monoisotopic (exact) mass is 482 g/mol. The van der Waals surface area contributed by atoms with E-state index in [-0.39, 0.29) is 29.0 Å². The Bertz CT molecular complexity index is 1230. The molecule has 0 aliphatic heterocycles. The summed E-state index contributed by atoms with van der Waals surface area (Å²) in [4.78, 5) is 16.7. The van der Waals surface area contributed by atoms with E-state index in [9.17, 15) is 18.0 Å². The number of nitrogens with one attached hydrogen (secondary N) is 3. The molecule has 1 aromatic heterocycles. The lowest BCUT2D eigenvalue weighted by Gasteiger charge is -2.26. The Morgan fingerprint density at radius 1 is 1.14 bits per heavy atom. The van der Waals surface area contributed by atoms with Crippen molar-refractivity contribution in [3.05, 3.63) is 88.5 Å². The van der Waals surface area contributed by atoms with Crippen LogP contribution in [0.1, 0.15) is 46.7 Å². The zero-order valence-corrected chi connectivity index (χ0v) is 19.1. The lowest BCUT2D eigenvalue weighted by atomic mass is 9.88. The highest BCUT2D eigenvalue weighted by Crippen LogP contribution is 2.38. The van der Waals surface area contributed by atoms with Crippen molar-refractivity contribution < 1.29 is 22.7 Å². The molecular weight excluding hydrogens is 457 g/mol. The molecule has 9 heteroatoms. The number of anilines is 1. The van der Waals surface area contributed by atoms with Crippen LogP contribution in [0.3, 0.4) is 0 Å². The van der Waals surface area contributed by atoms with Crippen molar-refractivity contribution in [2.75, 3.05) is 19.0 Å². The van der Waals surface area contributed by atoms with E-state index in [0.717, 1.165) is 30.9 Å². The van der Waals surface area contributed by atoms with Gasteiger partial charge in [0, 0.05) is 18.7 Å². The number of nitrogens with zero attached hydrogens (tertiary/aromatic N) is 1. The number of hydrogen-bond donors (Lipinski definition) is 3. The van der Waals surface area contributed by atoms with E-state index in [1.807, 2.05) is 24.3 Å². The van der Waals surface area contributed by atoms with Crippen molar-refractivity contribution in [2.45, 2.75) is 31.5 Å². The van der Waals surface area contributed by atoms with Gasteiger partial charge in [-0.15, -0.1) is 0 Å². The van der Waals surface area contributed by atoms with Crippen LogP contribution in [-0.2, 0) is 17.4 Å². The number of pyridine rings is 1. The number of halogens is 3. The first kappa shape index (κ1) is 24.3. The van der Waals surface area contributed by atoms with Crippen molar-refractivity contribution in [3.63, 3.8) is 0 Å². The van der Waals surface area contributed by atoms with Gasteiger partial charge in [0.05, 0.1) is 22.9 Å². The molecule has 4 rings (SSSR count). The van der Waals surface area contributed by atoms with Crippen LogP contribution >= 0.6 is 0 Å². The maximum absolute atomic E-state index is 14.0. The zero-order chi connectivity index (χ0) is 25.0. The number of ether oxygens (including phenoxy) is 1. The smallest absolute Gasteiger partial charge is 0.417 e. The number of carbonyl (C=O) groups is 1. The predicted molar refractivity (Wildman–Crippen MR) is 127 cm³/mol. The Hall–Kier alpha value is -3.88. The Labute approximate surface area is 201 Å². The van der Waals surface area contributed by atoms with Gasteiger partial charge in [-0.25, -0.2) is 0 Å². The molecular formula is C26H25F3N4O2. The number of amides is 1. The zero-order valence-electron chi connectivity index (χ0n) is 19.1. The van der Waals surface area contributed by atoms with Gasteiger partial charge in [-0.05, 0) is 30.4 Å². The summed E-state index contributed by atoms with van der Waals surface area (Å²) >= 11 is 0. The molecule has 1 amide bonds. The average molecular weight is 483 g/mol. The fraction of sp³-hybridized carbons (Fsp3) is 0.269. The molecule has 35 heavy (non-hydrogen) atoms. The average Bonchev–Trinajstić information content (AvgIpc) is 2.86. The SMILES string of the molecule is CNc1nc(OCC(=O)NC2CCCc3ccccc32)cc(C(F)(F)F)c1C(=N)c1ccccc1. The molecule has 0 bridgehead atoms. The summed E-state index contributed by atoms with van der Waals surface area (Å²) in [5.74, 6) is -0.968. The van der Waals surface area contributed by atoms with Gasteiger partial charge in [0.25, 0.3) is 5.91 Å². The minimum absolute atomic E-state index is 0.162. The van der Waals surface area contributed by atoms with E-state index >= 15 is 0 Å². The van der Waals surface area contributed by atoms with Gasteiger partial charge in [0.2, 0.25) is 5.88 Å². The van der Waals surface area contributed by atoms with E-state index < -0.39 is 24.3 Å². The van der Waals surface area contributed by atoms with Crippen LogP contribution in [0.25, 0.3) is 0 Å².